The third-order valence-electron chi connectivity index (χ3n) is 3.58. The highest BCUT2D eigenvalue weighted by molar-refractivity contribution is 7.99. The Morgan fingerprint density at radius 1 is 1.42 bits per heavy atom. The quantitative estimate of drug-likeness (QED) is 0.812. The number of nitrogens with zero attached hydrogens (tertiary/aromatic N) is 3. The zero-order valence-electron chi connectivity index (χ0n) is 14.5. The maximum atomic E-state index is 12.2. The highest BCUT2D eigenvalue weighted by atomic mass is 32.2. The summed E-state index contributed by atoms with van der Waals surface area (Å²) in [6.45, 7) is 9.27. The van der Waals surface area contributed by atoms with Crippen molar-refractivity contribution in [2.24, 2.45) is 5.92 Å². The van der Waals surface area contributed by atoms with Gasteiger partial charge in [0.2, 0.25) is 5.91 Å². The van der Waals surface area contributed by atoms with Crippen LogP contribution in [0.25, 0.3) is 0 Å². The second kappa shape index (κ2) is 8.02. The molecule has 2 aromatic rings. The highest BCUT2D eigenvalue weighted by Gasteiger charge is 2.14. The van der Waals surface area contributed by atoms with E-state index in [1.807, 2.05) is 6.92 Å². The molecule has 0 saturated heterocycles. The fourth-order valence-electron chi connectivity index (χ4n) is 2.31. The first-order valence-corrected chi connectivity index (χ1v) is 8.85. The number of anilines is 1. The predicted octanol–water partition coefficient (Wildman–Crippen LogP) is 3.76. The van der Waals surface area contributed by atoms with E-state index >= 15 is 0 Å². The SMILES string of the molecule is Cc1nc(SCC(=O)Nc2cccc(C#N)c2)n(CC(C)C)c1C. The van der Waals surface area contributed by atoms with Gasteiger partial charge in [0.1, 0.15) is 0 Å². The molecule has 6 heteroatoms. The molecule has 0 bridgehead atoms. The maximum Gasteiger partial charge on any atom is 0.234 e. The van der Waals surface area contributed by atoms with Crippen LogP contribution in [-0.4, -0.2) is 21.2 Å². The van der Waals surface area contributed by atoms with Crippen molar-refractivity contribution in [1.29, 1.82) is 5.26 Å². The monoisotopic (exact) mass is 342 g/mol. The lowest BCUT2D eigenvalue weighted by molar-refractivity contribution is -0.113. The van der Waals surface area contributed by atoms with Crippen molar-refractivity contribution in [3.05, 3.63) is 41.2 Å². The largest absolute Gasteiger partial charge is 0.325 e. The zero-order valence-corrected chi connectivity index (χ0v) is 15.3. The molecule has 126 valence electrons. The number of carbonyl (C=O) groups excluding carboxylic acids is 1. The van der Waals surface area contributed by atoms with E-state index in [-0.39, 0.29) is 11.7 Å². The molecule has 0 fully saturated rings. The van der Waals surface area contributed by atoms with Crippen LogP contribution >= 0.6 is 11.8 Å². The Balaban J connectivity index is 2.01. The van der Waals surface area contributed by atoms with E-state index in [1.54, 1.807) is 24.3 Å². The van der Waals surface area contributed by atoms with Gasteiger partial charge in [0, 0.05) is 17.9 Å². The molecule has 0 aliphatic rings. The second-order valence-corrected chi connectivity index (χ2v) is 7.04. The molecule has 0 unspecified atom stereocenters. The smallest absolute Gasteiger partial charge is 0.234 e. The lowest BCUT2D eigenvalue weighted by atomic mass is 10.2. The van der Waals surface area contributed by atoms with Gasteiger partial charge in [-0.05, 0) is 38.0 Å². The average Bonchev–Trinajstić information content (AvgIpc) is 2.80. The Kier molecular flexibility index (Phi) is 6.04. The van der Waals surface area contributed by atoms with Gasteiger partial charge >= 0.3 is 0 Å². The molecule has 1 aromatic heterocycles. The van der Waals surface area contributed by atoms with E-state index in [0.717, 1.165) is 23.1 Å². The molecule has 0 saturated carbocycles. The molecular formula is C18H22N4OS. The van der Waals surface area contributed by atoms with E-state index < -0.39 is 0 Å². The number of nitrogens with one attached hydrogen (secondary N) is 1. The molecule has 1 N–H and O–H groups in total. The number of rotatable bonds is 6. The molecule has 5 nitrogen and oxygen atoms in total. The van der Waals surface area contributed by atoms with Gasteiger partial charge in [-0.3, -0.25) is 4.79 Å². The summed E-state index contributed by atoms with van der Waals surface area (Å²) in [5, 5.41) is 12.6. The Morgan fingerprint density at radius 2 is 2.17 bits per heavy atom. The summed E-state index contributed by atoms with van der Waals surface area (Å²) in [6.07, 6.45) is 0. The van der Waals surface area contributed by atoms with Crippen LogP contribution in [-0.2, 0) is 11.3 Å². The summed E-state index contributed by atoms with van der Waals surface area (Å²) in [7, 11) is 0. The first-order chi connectivity index (χ1) is 11.4. The summed E-state index contributed by atoms with van der Waals surface area (Å²) in [4.78, 5) is 16.7. The van der Waals surface area contributed by atoms with E-state index in [1.165, 1.54) is 11.8 Å². The number of hydrogen-bond donors (Lipinski definition) is 1. The molecule has 0 radical (unpaired) electrons. The minimum Gasteiger partial charge on any atom is -0.325 e. The fourth-order valence-corrected chi connectivity index (χ4v) is 3.21. The van der Waals surface area contributed by atoms with Gasteiger partial charge < -0.3 is 9.88 Å². The van der Waals surface area contributed by atoms with Crippen LogP contribution in [0.1, 0.15) is 30.8 Å². The molecule has 0 spiro atoms. The van der Waals surface area contributed by atoms with Crippen LogP contribution < -0.4 is 5.32 Å². The first-order valence-electron chi connectivity index (χ1n) is 7.87. The van der Waals surface area contributed by atoms with E-state index in [0.29, 0.717) is 17.2 Å². The Morgan fingerprint density at radius 3 is 2.83 bits per heavy atom. The van der Waals surface area contributed by atoms with Crippen LogP contribution in [0.15, 0.2) is 29.4 Å². The predicted molar refractivity (Wildman–Crippen MR) is 97.0 cm³/mol. The van der Waals surface area contributed by atoms with Crippen LogP contribution in [0.3, 0.4) is 0 Å². The number of hydrogen-bond acceptors (Lipinski definition) is 4. The molecule has 1 heterocycles. The van der Waals surface area contributed by atoms with Crippen molar-refractivity contribution in [2.45, 2.75) is 39.4 Å². The topological polar surface area (TPSA) is 70.7 Å². The van der Waals surface area contributed by atoms with Crippen molar-refractivity contribution in [2.75, 3.05) is 11.1 Å². The number of thioether (sulfide) groups is 1. The van der Waals surface area contributed by atoms with Gasteiger partial charge in [-0.1, -0.05) is 31.7 Å². The maximum absolute atomic E-state index is 12.2. The summed E-state index contributed by atoms with van der Waals surface area (Å²) < 4.78 is 2.17. The molecule has 1 amide bonds. The number of carbonyl (C=O) groups is 1. The number of aryl methyl sites for hydroxylation is 1. The lowest BCUT2D eigenvalue weighted by Crippen LogP contribution is -2.15. The molecule has 2 rings (SSSR count). The van der Waals surface area contributed by atoms with Crippen LogP contribution in [0.5, 0.6) is 0 Å². The standard InChI is InChI=1S/C18H22N4OS/c1-12(2)10-22-14(4)13(3)20-18(22)24-11-17(23)21-16-7-5-6-15(8-16)9-19/h5-8,12H,10-11H2,1-4H3,(H,21,23). The van der Waals surface area contributed by atoms with Crippen molar-refractivity contribution in [3.63, 3.8) is 0 Å². The number of nitriles is 1. The van der Waals surface area contributed by atoms with Gasteiger partial charge in [0.15, 0.2) is 5.16 Å². The van der Waals surface area contributed by atoms with Crippen molar-refractivity contribution < 1.29 is 4.79 Å². The number of amides is 1. The molecule has 0 aliphatic heterocycles. The molecule has 1 aromatic carbocycles. The Labute approximate surface area is 147 Å². The molecule has 24 heavy (non-hydrogen) atoms. The Bertz CT molecular complexity index is 774. The molecule has 0 aliphatic carbocycles. The minimum atomic E-state index is -0.107. The number of benzene rings is 1. The first kappa shape index (κ1) is 18.1. The van der Waals surface area contributed by atoms with E-state index in [4.69, 9.17) is 5.26 Å². The summed E-state index contributed by atoms with van der Waals surface area (Å²) in [5.41, 5.74) is 3.31. The Hall–Kier alpha value is -2.26. The second-order valence-electron chi connectivity index (χ2n) is 6.10. The molecule has 0 atom stereocenters. The average molecular weight is 342 g/mol. The zero-order chi connectivity index (χ0) is 17.7. The normalized spacial score (nSPS) is 10.7. The van der Waals surface area contributed by atoms with Crippen LogP contribution in [0, 0.1) is 31.1 Å². The summed E-state index contributed by atoms with van der Waals surface area (Å²) in [5.74, 6) is 0.689. The lowest BCUT2D eigenvalue weighted by Gasteiger charge is -2.12. The number of imidazole rings is 1. The third kappa shape index (κ3) is 4.62. The van der Waals surface area contributed by atoms with Crippen molar-refractivity contribution in [1.82, 2.24) is 9.55 Å². The molecular weight excluding hydrogens is 320 g/mol. The number of aromatic nitrogens is 2. The van der Waals surface area contributed by atoms with Crippen molar-refractivity contribution in [3.8, 4) is 6.07 Å². The van der Waals surface area contributed by atoms with E-state index in [9.17, 15) is 4.79 Å². The van der Waals surface area contributed by atoms with Crippen LogP contribution in [0.4, 0.5) is 5.69 Å². The van der Waals surface area contributed by atoms with Crippen LogP contribution in [0.2, 0.25) is 0 Å². The minimum absolute atomic E-state index is 0.107. The third-order valence-corrected chi connectivity index (χ3v) is 4.55. The van der Waals surface area contributed by atoms with Crippen molar-refractivity contribution >= 4 is 23.4 Å². The van der Waals surface area contributed by atoms with Gasteiger partial charge in [-0.15, -0.1) is 0 Å². The fraction of sp³-hybridized carbons (Fsp3) is 0.389. The van der Waals surface area contributed by atoms with Gasteiger partial charge in [0.25, 0.3) is 0 Å². The highest BCUT2D eigenvalue weighted by Crippen LogP contribution is 2.22. The van der Waals surface area contributed by atoms with E-state index in [2.05, 4.69) is 41.7 Å². The van der Waals surface area contributed by atoms with Gasteiger partial charge in [-0.25, -0.2) is 4.98 Å². The summed E-state index contributed by atoms with van der Waals surface area (Å²) in [6, 6.07) is 8.96. The summed E-state index contributed by atoms with van der Waals surface area (Å²) >= 11 is 1.44. The van der Waals surface area contributed by atoms with Gasteiger partial charge in [-0.2, -0.15) is 5.26 Å². The van der Waals surface area contributed by atoms with Gasteiger partial charge in [0.05, 0.1) is 23.1 Å².